The van der Waals surface area contributed by atoms with Gasteiger partial charge >= 0.3 is 0 Å². The number of halogens is 1. The first-order valence-corrected chi connectivity index (χ1v) is 40.7. The highest BCUT2D eigenvalue weighted by Gasteiger charge is 2.55. The summed E-state index contributed by atoms with van der Waals surface area (Å²) in [6.45, 7) is 4.22. The van der Waals surface area contributed by atoms with E-state index in [9.17, 15) is 19.2 Å². The van der Waals surface area contributed by atoms with Gasteiger partial charge in [0.25, 0.3) is 0 Å². The van der Waals surface area contributed by atoms with Crippen LogP contribution in [0.5, 0.6) is 57.6 Å². The summed E-state index contributed by atoms with van der Waals surface area (Å²) in [7, 11) is 7.17. The SMILES string of the molecule is CN(C)c1ccc(-c2cccc(NC(=O)C3(c4ccc5c(c4)OCO5)CC3)n2)cc1.COc1ccc(-c2cccc(NC(=O)C3(c4ccc5c(c4)OCO5)CC3)n2)cc1Cl.COc1ccc(-c2cccc(NC(=O)C3(c4ccc5c(c4)OCO5)CC3)n2)cn1.O=C(Nc1cccc(-c2ccc(N3CCOCC3)cc2)n1)C1(c2ccc3c(c2)OCO3)CC1. The third kappa shape index (κ3) is 16.6. The van der Waals surface area contributed by atoms with Gasteiger partial charge in [-0.05, 0) is 219 Å². The Hall–Kier alpha value is -14.0. The normalized spacial score (nSPS) is 16.3. The molecule has 0 atom stereocenters. The van der Waals surface area contributed by atoms with E-state index in [4.69, 9.17) is 68.7 Å². The van der Waals surface area contributed by atoms with Gasteiger partial charge in [-0.1, -0.05) is 84.4 Å². The van der Waals surface area contributed by atoms with Crippen LogP contribution in [0.15, 0.2) is 231 Å². The van der Waals surface area contributed by atoms with E-state index in [2.05, 4.69) is 87.4 Å². The van der Waals surface area contributed by atoms with Crippen molar-refractivity contribution in [2.75, 3.05) is 113 Å². The molecule has 0 unspecified atom stereocenters. The number of anilines is 6. The van der Waals surface area contributed by atoms with Gasteiger partial charge in [0.05, 0.1) is 76.9 Å². The second kappa shape index (κ2) is 33.7. The van der Waals surface area contributed by atoms with Crippen molar-refractivity contribution < 1.29 is 71.3 Å². The summed E-state index contributed by atoms with van der Waals surface area (Å²) in [4.78, 5) is 79.7. The van der Waals surface area contributed by atoms with E-state index >= 15 is 0 Å². The van der Waals surface area contributed by atoms with Crippen LogP contribution in [0, 0.1) is 0 Å². The third-order valence-electron chi connectivity index (χ3n) is 23.3. The Morgan fingerprint density at radius 2 is 0.713 bits per heavy atom. The van der Waals surface area contributed by atoms with Gasteiger partial charge < -0.3 is 83.2 Å². The molecule has 9 aliphatic rings. The fourth-order valence-electron chi connectivity index (χ4n) is 15.5. The summed E-state index contributed by atoms with van der Waals surface area (Å²) in [6, 6.07) is 71.1. The molecule has 0 radical (unpaired) electrons. The van der Waals surface area contributed by atoms with Crippen molar-refractivity contribution in [3.05, 3.63) is 258 Å². The molecule has 4 N–H and O–H groups in total. The van der Waals surface area contributed by atoms with Gasteiger partial charge in [-0.15, -0.1) is 0 Å². The Morgan fingerprint density at radius 1 is 0.377 bits per heavy atom. The number of amides is 4. The first-order valence-electron chi connectivity index (χ1n) is 40.3. The van der Waals surface area contributed by atoms with Crippen LogP contribution in [-0.4, -0.2) is 130 Å². The van der Waals surface area contributed by atoms with Crippen LogP contribution in [0.4, 0.5) is 34.6 Å². The molecule has 1 saturated heterocycles. The molecule has 10 heterocycles. The monoisotopic (exact) mass is 1660 g/mol. The van der Waals surface area contributed by atoms with E-state index in [1.165, 1.54) is 5.69 Å². The van der Waals surface area contributed by atoms with Crippen molar-refractivity contribution in [1.82, 2.24) is 24.9 Å². The van der Waals surface area contributed by atoms with Crippen molar-refractivity contribution >= 4 is 69.9 Å². The minimum Gasteiger partial charge on any atom is -0.495 e. The summed E-state index contributed by atoms with van der Waals surface area (Å²) in [5.41, 5.74) is 10.8. The fraction of sp³-hybridized carbons (Fsp3) is 0.253. The van der Waals surface area contributed by atoms with Gasteiger partial charge in [0, 0.05) is 73.1 Å². The van der Waals surface area contributed by atoms with Crippen molar-refractivity contribution in [2.45, 2.75) is 73.0 Å². The lowest BCUT2D eigenvalue weighted by atomic mass is 9.94. The quantitative estimate of drug-likeness (QED) is 0.0551. The highest BCUT2D eigenvalue weighted by atomic mass is 35.5. The molecule has 12 aromatic rings. The molecule has 4 amide bonds. The Balaban J connectivity index is 0.000000111. The molecule has 27 heteroatoms. The van der Waals surface area contributed by atoms with Gasteiger partial charge in [-0.3, -0.25) is 19.2 Å². The maximum Gasteiger partial charge on any atom is 0.236 e. The molecular formula is C95H86ClN11O15. The van der Waals surface area contributed by atoms with Crippen LogP contribution in [-0.2, 0) is 45.6 Å². The maximum absolute atomic E-state index is 13.2. The number of hydrogen-bond acceptors (Lipinski definition) is 22. The lowest BCUT2D eigenvalue weighted by Crippen LogP contribution is -2.36. The van der Waals surface area contributed by atoms with Crippen LogP contribution in [0.2, 0.25) is 5.02 Å². The predicted octanol–water partition coefficient (Wildman–Crippen LogP) is 16.6. The van der Waals surface area contributed by atoms with Crippen LogP contribution in [0.3, 0.4) is 0 Å². The average Bonchev–Trinajstić information content (AvgIpc) is 1.61. The van der Waals surface area contributed by atoms with Gasteiger partial charge in [0.15, 0.2) is 46.0 Å². The molecule has 0 bridgehead atoms. The molecule has 618 valence electrons. The number of nitrogens with zero attached hydrogens (tertiary/aromatic N) is 7. The molecule has 26 nitrogen and oxygen atoms in total. The Morgan fingerprint density at radius 3 is 1.04 bits per heavy atom. The molecule has 7 aromatic carbocycles. The molecule has 4 saturated carbocycles. The maximum atomic E-state index is 13.2. The van der Waals surface area contributed by atoms with E-state index in [0.29, 0.717) is 80.1 Å². The van der Waals surface area contributed by atoms with Gasteiger partial charge in [0.2, 0.25) is 56.7 Å². The summed E-state index contributed by atoms with van der Waals surface area (Å²) >= 11 is 6.24. The molecular weight excluding hydrogens is 1570 g/mol. The fourth-order valence-corrected chi connectivity index (χ4v) is 15.8. The Labute approximate surface area is 708 Å². The lowest BCUT2D eigenvalue weighted by molar-refractivity contribution is -0.119. The van der Waals surface area contributed by atoms with Crippen molar-refractivity contribution in [3.8, 4) is 103 Å². The largest absolute Gasteiger partial charge is 0.495 e. The number of morpholine rings is 1. The highest BCUT2D eigenvalue weighted by Crippen LogP contribution is 2.55. The minimum absolute atomic E-state index is 0.0334. The molecule has 5 fully saturated rings. The Kier molecular flexibility index (Phi) is 21.8. The average molecular weight is 1660 g/mol. The van der Waals surface area contributed by atoms with Gasteiger partial charge in [-0.2, -0.15) is 0 Å². The zero-order chi connectivity index (χ0) is 83.5. The number of methoxy groups -OCH3 is 2. The molecule has 122 heavy (non-hydrogen) atoms. The molecule has 21 rings (SSSR count). The number of carbonyl (C=O) groups excluding carboxylic acids is 4. The Bertz CT molecular complexity index is 5960. The number of carbonyl (C=O) groups is 4. The standard InChI is InChI=1S/C26H25N3O4.C24H23N3O3.C23H19ClN2O4.C22H19N3O4/c30-25(26(10-11-26)19-6-9-22-23(16-19)33-17-32-22)28-24-3-1-2-21(27-24)18-4-7-20(8-5-18)29-12-14-31-15-13-29;1-27(2)18-9-6-16(7-10-18)19-4-3-5-22(25-19)26-23(28)24(12-13-24)17-8-11-20-21(14-17)30-15-29-20;1-28-18-7-5-14(11-16(18)24)17-3-2-4-21(25-17)26-22(27)23(9-10-23)15-6-8-19-20(12-15)30-13-29-19;1-27-20-8-5-14(12-23-20)16-3-2-4-19(24-16)25-21(26)22(9-10-22)15-6-7-17-18(11-15)29-13-28-17/h1-9,16H,10-15,17H2,(H,27,28,30);3-11,14H,12-13,15H2,1-2H3,(H,25,26,28);2-8,11-12H,9-10,13H2,1H3,(H,25,26,27);2-8,11-12H,9-10,13H2,1H3,(H,24,25,26). The molecule has 5 aromatic heterocycles. The topological polar surface area (TPSA) is 289 Å². The minimum atomic E-state index is -0.553. The summed E-state index contributed by atoms with van der Waals surface area (Å²) < 4.78 is 59.1. The second-order valence-electron chi connectivity index (χ2n) is 31.1. The van der Waals surface area contributed by atoms with Crippen LogP contribution in [0.1, 0.15) is 73.6 Å². The molecule has 5 aliphatic heterocycles. The van der Waals surface area contributed by atoms with Gasteiger partial charge in [-0.25, -0.2) is 24.9 Å². The van der Waals surface area contributed by atoms with Crippen molar-refractivity contribution in [1.29, 1.82) is 0 Å². The number of ether oxygens (including phenoxy) is 11. The number of pyridine rings is 5. The predicted molar refractivity (Wildman–Crippen MR) is 460 cm³/mol. The van der Waals surface area contributed by atoms with E-state index in [1.54, 1.807) is 50.7 Å². The summed E-state index contributed by atoms with van der Waals surface area (Å²) in [6.07, 6.45) is 8.08. The number of aromatic nitrogens is 5. The third-order valence-corrected chi connectivity index (χ3v) is 23.6. The summed E-state index contributed by atoms with van der Waals surface area (Å²) in [5.74, 6) is 8.72. The van der Waals surface area contributed by atoms with Crippen LogP contribution in [0.25, 0.3) is 45.0 Å². The molecule has 4 aliphatic carbocycles. The second-order valence-corrected chi connectivity index (χ2v) is 31.5. The lowest BCUT2D eigenvalue weighted by Gasteiger charge is -2.28. The van der Waals surface area contributed by atoms with Crippen LogP contribution < -0.4 is 78.4 Å². The zero-order valence-corrected chi connectivity index (χ0v) is 68.1. The van der Waals surface area contributed by atoms with Gasteiger partial charge in [0.1, 0.15) is 29.0 Å². The number of benzene rings is 7. The number of nitrogens with one attached hydrogen (secondary N) is 4. The van der Waals surface area contributed by atoms with E-state index < -0.39 is 21.7 Å². The first kappa shape index (κ1) is 79.2. The van der Waals surface area contributed by atoms with Crippen LogP contribution >= 0.6 is 11.6 Å². The summed E-state index contributed by atoms with van der Waals surface area (Å²) in [5, 5.41) is 12.5. The van der Waals surface area contributed by atoms with Crippen molar-refractivity contribution in [2.24, 2.45) is 0 Å². The molecule has 0 spiro atoms. The highest BCUT2D eigenvalue weighted by molar-refractivity contribution is 6.32. The van der Waals surface area contributed by atoms with Crippen molar-refractivity contribution in [3.63, 3.8) is 0 Å². The first-order chi connectivity index (χ1) is 59.5. The van der Waals surface area contributed by atoms with E-state index in [1.807, 2.05) is 172 Å². The van der Waals surface area contributed by atoms with E-state index in [-0.39, 0.29) is 50.8 Å². The number of rotatable bonds is 20. The van der Waals surface area contributed by atoms with E-state index in [0.717, 1.165) is 156 Å². The number of hydrogen-bond donors (Lipinski definition) is 4. The smallest absolute Gasteiger partial charge is 0.236 e. The zero-order valence-electron chi connectivity index (χ0n) is 67.4. The number of fused-ring (bicyclic) bond motifs is 4.